The van der Waals surface area contributed by atoms with Gasteiger partial charge in [0.25, 0.3) is 11.5 Å². The van der Waals surface area contributed by atoms with Gasteiger partial charge < -0.3 is 14.6 Å². The van der Waals surface area contributed by atoms with Gasteiger partial charge in [0.05, 0.1) is 18.1 Å². The van der Waals surface area contributed by atoms with Gasteiger partial charge in [-0.1, -0.05) is 6.07 Å². The number of nitrogens with zero attached hydrogens (tertiary/aromatic N) is 4. The molecule has 0 atom stereocenters. The predicted octanol–water partition coefficient (Wildman–Crippen LogP) is 2.28. The molecule has 0 unspecified atom stereocenters. The number of fused-ring (bicyclic) bond motifs is 2. The van der Waals surface area contributed by atoms with E-state index >= 15 is 0 Å². The van der Waals surface area contributed by atoms with E-state index in [0.29, 0.717) is 25.2 Å². The van der Waals surface area contributed by atoms with Crippen LogP contribution in [-0.2, 0) is 6.42 Å². The van der Waals surface area contributed by atoms with Crippen molar-refractivity contribution in [1.82, 2.24) is 24.3 Å². The number of carbonyl (C=O) groups is 1. The molecular weight excluding hydrogens is 370 g/mol. The van der Waals surface area contributed by atoms with Crippen LogP contribution in [0.4, 0.5) is 0 Å². The number of nitrogens with one attached hydrogen (secondary N) is 1. The van der Waals surface area contributed by atoms with Gasteiger partial charge in [0.1, 0.15) is 22.8 Å². The molecule has 8 nitrogen and oxygen atoms in total. The summed E-state index contributed by atoms with van der Waals surface area (Å²) in [6.07, 6.45) is 3.51. The maximum atomic E-state index is 12.9. The minimum Gasteiger partial charge on any atom is -0.497 e. The molecule has 0 aliphatic rings. The average Bonchev–Trinajstić information content (AvgIpc) is 3.16. The van der Waals surface area contributed by atoms with E-state index in [1.165, 1.54) is 10.6 Å². The van der Waals surface area contributed by atoms with E-state index in [-0.39, 0.29) is 17.0 Å². The van der Waals surface area contributed by atoms with E-state index in [9.17, 15) is 9.59 Å². The number of carbonyl (C=O) groups excluding carboxylic acids is 1. The molecule has 1 N–H and O–H groups in total. The molecule has 4 rings (SSSR count). The number of benzene rings is 1. The summed E-state index contributed by atoms with van der Waals surface area (Å²) >= 11 is 0. The fourth-order valence-electron chi connectivity index (χ4n) is 3.27. The highest BCUT2D eigenvalue weighted by Crippen LogP contribution is 2.19. The van der Waals surface area contributed by atoms with Crippen molar-refractivity contribution in [3.05, 3.63) is 70.5 Å². The van der Waals surface area contributed by atoms with Crippen molar-refractivity contribution in [2.75, 3.05) is 20.2 Å². The van der Waals surface area contributed by atoms with Gasteiger partial charge in [0.2, 0.25) is 0 Å². The molecule has 0 radical (unpaired) electrons. The number of hydrogen-bond donors (Lipinski definition) is 1. The lowest BCUT2D eigenvalue weighted by Gasteiger charge is -2.20. The number of H-pyrrole nitrogens is 1. The Labute approximate surface area is 166 Å². The summed E-state index contributed by atoms with van der Waals surface area (Å²) in [6, 6.07) is 10.9. The Hall–Kier alpha value is -3.68. The van der Waals surface area contributed by atoms with E-state index in [0.717, 1.165) is 22.6 Å². The summed E-state index contributed by atoms with van der Waals surface area (Å²) in [5, 5.41) is 0. The second-order valence-electron chi connectivity index (χ2n) is 6.61. The van der Waals surface area contributed by atoms with E-state index < -0.39 is 0 Å². The van der Waals surface area contributed by atoms with E-state index in [2.05, 4.69) is 15.0 Å². The smallest absolute Gasteiger partial charge is 0.270 e. The lowest BCUT2D eigenvalue weighted by atomic mass is 10.2. The summed E-state index contributed by atoms with van der Waals surface area (Å²) < 4.78 is 6.61. The zero-order chi connectivity index (χ0) is 20.4. The molecular formula is C21H21N5O3. The molecule has 3 aromatic heterocycles. The highest BCUT2D eigenvalue weighted by atomic mass is 16.5. The predicted molar refractivity (Wildman–Crippen MR) is 109 cm³/mol. The molecule has 3 heterocycles. The Balaban J connectivity index is 1.54. The number of hydrogen-bond acceptors (Lipinski definition) is 5. The van der Waals surface area contributed by atoms with Gasteiger partial charge in [-0.15, -0.1) is 0 Å². The zero-order valence-electron chi connectivity index (χ0n) is 16.3. The molecule has 1 aromatic carbocycles. The van der Waals surface area contributed by atoms with Gasteiger partial charge in [-0.2, -0.15) is 0 Å². The van der Waals surface area contributed by atoms with Crippen LogP contribution in [0.15, 0.2) is 53.6 Å². The third kappa shape index (κ3) is 3.56. The van der Waals surface area contributed by atoms with Crippen LogP contribution in [0.3, 0.4) is 0 Å². The molecule has 148 valence electrons. The molecule has 0 aliphatic carbocycles. The maximum Gasteiger partial charge on any atom is 0.270 e. The Morgan fingerprint density at radius 1 is 1.28 bits per heavy atom. The second-order valence-corrected chi connectivity index (χ2v) is 6.61. The van der Waals surface area contributed by atoms with Crippen LogP contribution in [0.5, 0.6) is 5.75 Å². The number of amides is 1. The summed E-state index contributed by atoms with van der Waals surface area (Å²) in [6.45, 7) is 2.79. The number of imidazole rings is 1. The highest BCUT2D eigenvalue weighted by molar-refractivity contribution is 5.93. The zero-order valence-corrected chi connectivity index (χ0v) is 16.3. The van der Waals surface area contributed by atoms with Crippen molar-refractivity contribution >= 4 is 22.6 Å². The minimum absolute atomic E-state index is 0.0601. The van der Waals surface area contributed by atoms with Gasteiger partial charge in [-0.05, 0) is 31.2 Å². The second kappa shape index (κ2) is 7.75. The largest absolute Gasteiger partial charge is 0.497 e. The number of ether oxygens (including phenoxy) is 1. The lowest BCUT2D eigenvalue weighted by Crippen LogP contribution is -2.37. The molecule has 0 bridgehead atoms. The number of likely N-dealkylation sites (N-methyl/N-ethyl adjacent to an activating group) is 1. The van der Waals surface area contributed by atoms with Gasteiger partial charge in [0.15, 0.2) is 0 Å². The Bertz CT molecular complexity index is 1240. The van der Waals surface area contributed by atoms with Crippen LogP contribution in [0.2, 0.25) is 0 Å². The molecule has 1 amide bonds. The summed E-state index contributed by atoms with van der Waals surface area (Å²) in [5.41, 5.74) is 1.92. The molecule has 4 aromatic rings. The maximum absolute atomic E-state index is 12.9. The molecule has 0 saturated carbocycles. The van der Waals surface area contributed by atoms with Crippen LogP contribution in [0.1, 0.15) is 23.1 Å². The monoisotopic (exact) mass is 391 g/mol. The summed E-state index contributed by atoms with van der Waals surface area (Å²) in [5.74, 6) is 1.19. The van der Waals surface area contributed by atoms with Gasteiger partial charge in [-0.25, -0.2) is 9.97 Å². The first-order valence-electron chi connectivity index (χ1n) is 9.39. The van der Waals surface area contributed by atoms with Crippen LogP contribution < -0.4 is 10.3 Å². The number of methoxy groups -OCH3 is 1. The number of pyridine rings is 1. The standard InChI is InChI=1S/C21H21N5O3/c1-3-25(11-9-18-23-16-8-7-14(29-2)12-17(16)24-18)20(27)15-13-22-19-6-4-5-10-26(19)21(15)28/h4-8,10,12-13H,3,9,11H2,1-2H3,(H,23,24). The van der Waals surface area contributed by atoms with Crippen molar-refractivity contribution < 1.29 is 9.53 Å². The van der Waals surface area contributed by atoms with Gasteiger partial charge in [-0.3, -0.25) is 14.0 Å². The van der Waals surface area contributed by atoms with Gasteiger partial charge >= 0.3 is 0 Å². The third-order valence-electron chi connectivity index (χ3n) is 4.87. The SMILES string of the molecule is CCN(CCc1nc2ccc(OC)cc2[nH]1)C(=O)c1cnc2ccccn2c1=O. The van der Waals surface area contributed by atoms with Crippen molar-refractivity contribution in [1.29, 1.82) is 0 Å². The molecule has 0 aliphatic heterocycles. The summed E-state index contributed by atoms with van der Waals surface area (Å²) in [4.78, 5) is 39.3. The van der Waals surface area contributed by atoms with Crippen molar-refractivity contribution in [2.45, 2.75) is 13.3 Å². The third-order valence-corrected chi connectivity index (χ3v) is 4.87. The van der Waals surface area contributed by atoms with Crippen LogP contribution in [0.25, 0.3) is 16.7 Å². The van der Waals surface area contributed by atoms with Crippen molar-refractivity contribution in [3.8, 4) is 5.75 Å². The molecule has 29 heavy (non-hydrogen) atoms. The van der Waals surface area contributed by atoms with Crippen LogP contribution in [0, 0.1) is 0 Å². The summed E-state index contributed by atoms with van der Waals surface area (Å²) in [7, 11) is 1.62. The normalized spacial score (nSPS) is 11.1. The van der Waals surface area contributed by atoms with Crippen LogP contribution >= 0.6 is 0 Å². The van der Waals surface area contributed by atoms with E-state index in [1.807, 2.05) is 25.1 Å². The fourth-order valence-corrected chi connectivity index (χ4v) is 3.27. The Morgan fingerprint density at radius 3 is 2.93 bits per heavy atom. The first-order valence-corrected chi connectivity index (χ1v) is 9.39. The Kier molecular flexibility index (Phi) is 4.99. The molecule has 0 fully saturated rings. The lowest BCUT2D eigenvalue weighted by molar-refractivity contribution is 0.0763. The molecule has 0 saturated heterocycles. The van der Waals surface area contributed by atoms with E-state index in [4.69, 9.17) is 4.74 Å². The topological polar surface area (TPSA) is 92.6 Å². The van der Waals surface area contributed by atoms with Crippen molar-refractivity contribution in [2.24, 2.45) is 0 Å². The quantitative estimate of drug-likeness (QED) is 0.544. The number of rotatable bonds is 6. The minimum atomic E-state index is -0.366. The number of aromatic nitrogens is 4. The molecule has 8 heteroatoms. The van der Waals surface area contributed by atoms with E-state index in [1.54, 1.807) is 36.4 Å². The first kappa shape index (κ1) is 18.7. The Morgan fingerprint density at radius 2 is 2.14 bits per heavy atom. The average molecular weight is 391 g/mol. The first-order chi connectivity index (χ1) is 14.1. The molecule has 0 spiro atoms. The van der Waals surface area contributed by atoms with Gasteiger partial charge in [0, 0.05) is 38.0 Å². The highest BCUT2D eigenvalue weighted by Gasteiger charge is 2.19. The number of aromatic amines is 1. The van der Waals surface area contributed by atoms with Crippen LogP contribution in [-0.4, -0.2) is 50.4 Å². The van der Waals surface area contributed by atoms with Crippen molar-refractivity contribution in [3.63, 3.8) is 0 Å². The fraction of sp³-hybridized carbons (Fsp3) is 0.238.